The van der Waals surface area contributed by atoms with E-state index in [4.69, 9.17) is 0 Å². The maximum atomic E-state index is 13.4. The minimum atomic E-state index is -3.78. The number of carbonyl (C=O) groups is 1. The van der Waals surface area contributed by atoms with Crippen LogP contribution in [0.15, 0.2) is 47.4 Å². The number of rotatable bonds is 4. The average molecular weight is 362 g/mol. The zero-order valence-corrected chi connectivity index (χ0v) is 14.8. The van der Waals surface area contributed by atoms with Gasteiger partial charge in [-0.25, -0.2) is 12.8 Å². The van der Waals surface area contributed by atoms with Crippen molar-refractivity contribution < 1.29 is 17.6 Å². The van der Waals surface area contributed by atoms with E-state index in [1.807, 2.05) is 0 Å². The first-order valence-corrected chi connectivity index (χ1v) is 9.43. The van der Waals surface area contributed by atoms with E-state index < -0.39 is 16.1 Å². The number of aryl methyl sites for hydroxylation is 2. The molecule has 0 radical (unpaired) electrons. The first-order chi connectivity index (χ1) is 11.8. The Morgan fingerprint density at radius 1 is 1.16 bits per heavy atom. The maximum Gasteiger partial charge on any atom is 0.245 e. The van der Waals surface area contributed by atoms with Crippen LogP contribution in [0.5, 0.6) is 0 Å². The lowest BCUT2D eigenvalue weighted by Gasteiger charge is -2.18. The molecule has 5 nitrogen and oxygen atoms in total. The van der Waals surface area contributed by atoms with Gasteiger partial charge in [-0.2, -0.15) is 4.72 Å². The molecule has 0 spiro atoms. The fraction of sp³-hybridized carbons (Fsp3) is 0.278. The number of hydrogen-bond donors (Lipinski definition) is 1. The molecule has 0 saturated carbocycles. The summed E-state index contributed by atoms with van der Waals surface area (Å²) >= 11 is 0. The van der Waals surface area contributed by atoms with Crippen molar-refractivity contribution >= 4 is 21.6 Å². The van der Waals surface area contributed by atoms with Crippen molar-refractivity contribution in [1.29, 1.82) is 0 Å². The summed E-state index contributed by atoms with van der Waals surface area (Å²) in [6.07, 6.45) is 0.361. The molecule has 1 unspecified atom stereocenters. The molecule has 1 N–H and O–H groups in total. The standard InChI is InChI=1S/C18H19FN2O3S/c1-12-4-3-5-15(10-12)25(23,24)20-17-8-9-21(18(17)22)14-6-7-16(19)13(2)11-14/h3-7,10-11,17,20H,8-9H2,1-2H3. The number of nitrogens with zero attached hydrogens (tertiary/aromatic N) is 1. The second kappa shape index (κ2) is 6.57. The van der Waals surface area contributed by atoms with E-state index in [1.54, 1.807) is 38.1 Å². The molecule has 1 fully saturated rings. The molecule has 0 bridgehead atoms. The lowest BCUT2D eigenvalue weighted by Crippen LogP contribution is -2.41. The van der Waals surface area contributed by atoms with Crippen molar-refractivity contribution in [2.75, 3.05) is 11.4 Å². The van der Waals surface area contributed by atoms with E-state index in [0.717, 1.165) is 5.56 Å². The maximum absolute atomic E-state index is 13.4. The van der Waals surface area contributed by atoms with Crippen LogP contribution in [0, 0.1) is 19.7 Å². The molecule has 0 aliphatic carbocycles. The average Bonchev–Trinajstić information content (AvgIpc) is 2.90. The quantitative estimate of drug-likeness (QED) is 0.909. The van der Waals surface area contributed by atoms with Crippen LogP contribution in [0.4, 0.5) is 10.1 Å². The number of benzene rings is 2. The third-order valence-electron chi connectivity index (χ3n) is 4.26. The van der Waals surface area contributed by atoms with E-state index in [-0.39, 0.29) is 16.6 Å². The van der Waals surface area contributed by atoms with Gasteiger partial charge in [0.1, 0.15) is 11.9 Å². The zero-order valence-electron chi connectivity index (χ0n) is 14.0. The summed E-state index contributed by atoms with van der Waals surface area (Å²) in [5.41, 5.74) is 1.83. The van der Waals surface area contributed by atoms with E-state index in [2.05, 4.69) is 4.72 Å². The SMILES string of the molecule is Cc1cccc(S(=O)(=O)NC2CCN(c3ccc(F)c(C)c3)C2=O)c1. The van der Waals surface area contributed by atoms with Crippen LogP contribution in [0.1, 0.15) is 17.5 Å². The first-order valence-electron chi connectivity index (χ1n) is 7.94. The molecule has 0 aromatic heterocycles. The Morgan fingerprint density at radius 3 is 2.60 bits per heavy atom. The molecule has 2 aromatic carbocycles. The molecule has 1 amide bonds. The van der Waals surface area contributed by atoms with Crippen LogP contribution >= 0.6 is 0 Å². The Kier molecular flexibility index (Phi) is 4.62. The van der Waals surface area contributed by atoms with Gasteiger partial charge in [-0.1, -0.05) is 12.1 Å². The number of nitrogens with one attached hydrogen (secondary N) is 1. The van der Waals surface area contributed by atoms with Crippen molar-refractivity contribution in [3.05, 3.63) is 59.4 Å². The fourth-order valence-corrected chi connectivity index (χ4v) is 4.21. The lowest BCUT2D eigenvalue weighted by molar-refractivity contribution is -0.118. The largest absolute Gasteiger partial charge is 0.311 e. The van der Waals surface area contributed by atoms with Gasteiger partial charge in [-0.15, -0.1) is 0 Å². The Hall–Kier alpha value is -2.25. The number of sulfonamides is 1. The van der Waals surface area contributed by atoms with Crippen molar-refractivity contribution in [3.63, 3.8) is 0 Å². The molecule has 2 aromatic rings. The number of halogens is 1. The molecule has 1 aliphatic rings. The molecular formula is C18H19FN2O3S. The Bertz CT molecular complexity index is 928. The van der Waals surface area contributed by atoms with Gasteiger partial charge in [0.05, 0.1) is 4.90 Å². The van der Waals surface area contributed by atoms with Crippen molar-refractivity contribution in [2.45, 2.75) is 31.2 Å². The van der Waals surface area contributed by atoms with Crippen LogP contribution < -0.4 is 9.62 Å². The van der Waals surface area contributed by atoms with Crippen LogP contribution in [-0.4, -0.2) is 26.9 Å². The van der Waals surface area contributed by atoms with Gasteiger partial charge in [0.25, 0.3) is 0 Å². The summed E-state index contributed by atoms with van der Waals surface area (Å²) in [6, 6.07) is 10.1. The fourth-order valence-electron chi connectivity index (χ4n) is 2.88. The van der Waals surface area contributed by atoms with Crippen LogP contribution in [0.25, 0.3) is 0 Å². The lowest BCUT2D eigenvalue weighted by atomic mass is 10.2. The molecule has 1 aliphatic heterocycles. The summed E-state index contributed by atoms with van der Waals surface area (Å²) in [4.78, 5) is 14.2. The summed E-state index contributed by atoms with van der Waals surface area (Å²) in [7, 11) is -3.78. The van der Waals surface area contributed by atoms with E-state index in [1.165, 1.54) is 23.1 Å². The minimum Gasteiger partial charge on any atom is -0.311 e. The van der Waals surface area contributed by atoms with Crippen LogP contribution in [0.2, 0.25) is 0 Å². The number of hydrogen-bond acceptors (Lipinski definition) is 3. The number of carbonyl (C=O) groups excluding carboxylic acids is 1. The van der Waals surface area contributed by atoms with Gasteiger partial charge >= 0.3 is 0 Å². The summed E-state index contributed by atoms with van der Waals surface area (Å²) in [5, 5.41) is 0. The first kappa shape index (κ1) is 17.6. The van der Waals surface area contributed by atoms with Crippen LogP contribution in [0.3, 0.4) is 0 Å². The third kappa shape index (κ3) is 3.57. The Morgan fingerprint density at radius 2 is 1.92 bits per heavy atom. The van der Waals surface area contributed by atoms with Crippen LogP contribution in [-0.2, 0) is 14.8 Å². The molecule has 1 saturated heterocycles. The monoisotopic (exact) mass is 362 g/mol. The number of amides is 1. The summed E-state index contributed by atoms with van der Waals surface area (Å²) in [6.45, 7) is 3.81. The second-order valence-corrected chi connectivity index (χ2v) is 7.92. The number of anilines is 1. The molecule has 1 heterocycles. The smallest absolute Gasteiger partial charge is 0.245 e. The van der Waals surface area contributed by atoms with Crippen molar-refractivity contribution in [3.8, 4) is 0 Å². The Balaban J connectivity index is 1.79. The predicted molar refractivity (Wildman–Crippen MR) is 93.4 cm³/mol. The molecular weight excluding hydrogens is 343 g/mol. The van der Waals surface area contributed by atoms with E-state index in [0.29, 0.717) is 24.2 Å². The van der Waals surface area contributed by atoms with E-state index in [9.17, 15) is 17.6 Å². The molecule has 1 atom stereocenters. The molecule has 132 valence electrons. The molecule has 25 heavy (non-hydrogen) atoms. The molecule has 3 rings (SSSR count). The predicted octanol–water partition coefficient (Wildman–Crippen LogP) is 2.53. The molecule has 7 heteroatoms. The highest BCUT2D eigenvalue weighted by Gasteiger charge is 2.35. The third-order valence-corrected chi connectivity index (χ3v) is 5.73. The van der Waals surface area contributed by atoms with Gasteiger partial charge < -0.3 is 4.90 Å². The van der Waals surface area contributed by atoms with Crippen molar-refractivity contribution in [1.82, 2.24) is 4.72 Å². The Labute approximate surface area is 146 Å². The highest BCUT2D eigenvalue weighted by molar-refractivity contribution is 7.89. The normalized spacial score (nSPS) is 18.0. The van der Waals surface area contributed by atoms with Crippen molar-refractivity contribution in [2.24, 2.45) is 0 Å². The highest BCUT2D eigenvalue weighted by Crippen LogP contribution is 2.24. The van der Waals surface area contributed by atoms with Gasteiger partial charge in [0.2, 0.25) is 15.9 Å². The highest BCUT2D eigenvalue weighted by atomic mass is 32.2. The topological polar surface area (TPSA) is 66.5 Å². The van der Waals surface area contributed by atoms with Gasteiger partial charge in [-0.05, 0) is 61.7 Å². The summed E-state index contributed by atoms with van der Waals surface area (Å²) < 4.78 is 40.9. The van der Waals surface area contributed by atoms with E-state index >= 15 is 0 Å². The minimum absolute atomic E-state index is 0.136. The second-order valence-electron chi connectivity index (χ2n) is 6.20. The van der Waals surface area contributed by atoms with Gasteiger partial charge in [0, 0.05) is 12.2 Å². The zero-order chi connectivity index (χ0) is 18.2. The van der Waals surface area contributed by atoms with Gasteiger partial charge in [0.15, 0.2) is 0 Å². The summed E-state index contributed by atoms with van der Waals surface area (Å²) in [5.74, 6) is -0.672. The van der Waals surface area contributed by atoms with Gasteiger partial charge in [-0.3, -0.25) is 4.79 Å².